The van der Waals surface area contributed by atoms with Crippen molar-refractivity contribution < 1.29 is 28.9 Å². The fraction of sp³-hybridized carbons (Fsp3) is 0.391. The van der Waals surface area contributed by atoms with Crippen molar-refractivity contribution in [3.8, 4) is 17.2 Å². The van der Waals surface area contributed by atoms with E-state index in [4.69, 9.17) is 19.3 Å². The maximum absolute atomic E-state index is 12.0. The standard InChI is InChI=1S/C23H28N2O6/c1-15(2)13-24-18-5-7-19(17(12-18)14-25-8-9-30-23(25)28)31-21-10-16(11-22(26)27)4-6-20(21)29-3/h4-7,10,12,15,24H,8-9,11,13-14H2,1-3H3,(H,26,27). The van der Waals surface area contributed by atoms with Gasteiger partial charge < -0.3 is 29.5 Å². The molecule has 0 unspecified atom stereocenters. The summed E-state index contributed by atoms with van der Waals surface area (Å²) in [6.45, 7) is 6.29. The van der Waals surface area contributed by atoms with Crippen molar-refractivity contribution in [3.05, 3.63) is 47.5 Å². The van der Waals surface area contributed by atoms with Crippen molar-refractivity contribution in [2.24, 2.45) is 5.92 Å². The molecule has 1 aliphatic heterocycles. The molecule has 1 saturated heterocycles. The maximum atomic E-state index is 12.0. The van der Waals surface area contributed by atoms with E-state index in [1.807, 2.05) is 18.2 Å². The van der Waals surface area contributed by atoms with Crippen molar-refractivity contribution in [1.29, 1.82) is 0 Å². The van der Waals surface area contributed by atoms with Gasteiger partial charge in [-0.15, -0.1) is 0 Å². The average molecular weight is 428 g/mol. The Labute approximate surface area is 181 Å². The van der Waals surface area contributed by atoms with Gasteiger partial charge in [-0.05, 0) is 41.8 Å². The van der Waals surface area contributed by atoms with E-state index in [0.29, 0.717) is 48.4 Å². The summed E-state index contributed by atoms with van der Waals surface area (Å²) in [6, 6.07) is 10.7. The van der Waals surface area contributed by atoms with Gasteiger partial charge in [-0.2, -0.15) is 0 Å². The van der Waals surface area contributed by atoms with E-state index < -0.39 is 5.97 Å². The Kier molecular flexibility index (Phi) is 7.23. The monoisotopic (exact) mass is 428 g/mol. The lowest BCUT2D eigenvalue weighted by Crippen LogP contribution is -2.23. The van der Waals surface area contributed by atoms with Crippen LogP contribution in [0.25, 0.3) is 0 Å². The number of carbonyl (C=O) groups excluding carboxylic acids is 1. The molecule has 31 heavy (non-hydrogen) atoms. The van der Waals surface area contributed by atoms with E-state index in [-0.39, 0.29) is 12.5 Å². The van der Waals surface area contributed by atoms with Gasteiger partial charge >= 0.3 is 12.1 Å². The van der Waals surface area contributed by atoms with Crippen LogP contribution >= 0.6 is 0 Å². The SMILES string of the molecule is COc1ccc(CC(=O)O)cc1Oc1ccc(NCC(C)C)cc1CN1CCOC1=O. The molecule has 0 atom stereocenters. The molecule has 8 nitrogen and oxygen atoms in total. The molecular formula is C23H28N2O6. The summed E-state index contributed by atoms with van der Waals surface area (Å²) >= 11 is 0. The Morgan fingerprint density at radius 3 is 2.61 bits per heavy atom. The summed E-state index contributed by atoms with van der Waals surface area (Å²) < 4.78 is 16.6. The molecule has 0 aliphatic carbocycles. The third-order valence-electron chi connectivity index (χ3n) is 4.78. The molecule has 2 N–H and O–H groups in total. The topological polar surface area (TPSA) is 97.3 Å². The number of anilines is 1. The summed E-state index contributed by atoms with van der Waals surface area (Å²) in [5, 5.41) is 12.5. The van der Waals surface area contributed by atoms with Crippen LogP contribution in [0.1, 0.15) is 25.0 Å². The number of nitrogens with zero attached hydrogens (tertiary/aromatic N) is 1. The molecule has 2 aromatic rings. The van der Waals surface area contributed by atoms with Gasteiger partial charge in [-0.3, -0.25) is 4.79 Å². The van der Waals surface area contributed by atoms with Gasteiger partial charge in [-0.1, -0.05) is 19.9 Å². The number of cyclic esters (lactones) is 1. The predicted molar refractivity (Wildman–Crippen MR) is 116 cm³/mol. The van der Waals surface area contributed by atoms with Gasteiger partial charge in [0.2, 0.25) is 0 Å². The summed E-state index contributed by atoms with van der Waals surface area (Å²) in [6.07, 6.45) is -0.474. The highest BCUT2D eigenvalue weighted by Crippen LogP contribution is 2.36. The van der Waals surface area contributed by atoms with Gasteiger partial charge in [-0.25, -0.2) is 4.79 Å². The number of rotatable bonds is 10. The van der Waals surface area contributed by atoms with Crippen LogP contribution in [0.4, 0.5) is 10.5 Å². The summed E-state index contributed by atoms with van der Waals surface area (Å²) in [7, 11) is 1.53. The Morgan fingerprint density at radius 2 is 1.97 bits per heavy atom. The van der Waals surface area contributed by atoms with Crippen LogP contribution in [0.5, 0.6) is 17.2 Å². The fourth-order valence-corrected chi connectivity index (χ4v) is 3.21. The number of amides is 1. The van der Waals surface area contributed by atoms with Crippen molar-refractivity contribution >= 4 is 17.7 Å². The zero-order chi connectivity index (χ0) is 22.4. The molecule has 0 bridgehead atoms. The normalized spacial score (nSPS) is 13.3. The summed E-state index contributed by atoms with van der Waals surface area (Å²) in [5.74, 6) is 1.01. The van der Waals surface area contributed by atoms with E-state index in [1.54, 1.807) is 23.1 Å². The Bertz CT molecular complexity index is 944. The first-order chi connectivity index (χ1) is 14.9. The van der Waals surface area contributed by atoms with Gasteiger partial charge in [0.05, 0.1) is 26.6 Å². The zero-order valence-electron chi connectivity index (χ0n) is 18.0. The molecule has 0 aromatic heterocycles. The Hall–Kier alpha value is -3.42. The predicted octanol–water partition coefficient (Wildman–Crippen LogP) is 4.13. The average Bonchev–Trinajstić information content (AvgIpc) is 3.12. The smallest absolute Gasteiger partial charge is 0.410 e. The van der Waals surface area contributed by atoms with Crippen molar-refractivity contribution in [1.82, 2.24) is 4.90 Å². The quantitative estimate of drug-likeness (QED) is 0.587. The largest absolute Gasteiger partial charge is 0.493 e. The number of aliphatic carboxylic acids is 1. The van der Waals surface area contributed by atoms with E-state index in [0.717, 1.165) is 17.8 Å². The highest BCUT2D eigenvalue weighted by molar-refractivity contribution is 5.71. The molecule has 3 rings (SSSR count). The number of hydrogen-bond acceptors (Lipinski definition) is 6. The highest BCUT2D eigenvalue weighted by Gasteiger charge is 2.24. The van der Waals surface area contributed by atoms with Gasteiger partial charge in [0.1, 0.15) is 12.4 Å². The van der Waals surface area contributed by atoms with Crippen LogP contribution in [0.3, 0.4) is 0 Å². The molecule has 0 spiro atoms. The lowest BCUT2D eigenvalue weighted by atomic mass is 10.1. The van der Waals surface area contributed by atoms with Gasteiger partial charge in [0.25, 0.3) is 0 Å². The summed E-state index contributed by atoms with van der Waals surface area (Å²) in [5.41, 5.74) is 2.33. The molecule has 166 valence electrons. The maximum Gasteiger partial charge on any atom is 0.410 e. The molecule has 2 aromatic carbocycles. The highest BCUT2D eigenvalue weighted by atomic mass is 16.6. The van der Waals surface area contributed by atoms with Crippen molar-refractivity contribution in [3.63, 3.8) is 0 Å². The first kappa shape index (κ1) is 22.3. The molecule has 1 aliphatic rings. The van der Waals surface area contributed by atoms with E-state index in [9.17, 15) is 9.59 Å². The number of carboxylic acids is 1. The first-order valence-electron chi connectivity index (χ1n) is 10.2. The lowest BCUT2D eigenvalue weighted by Gasteiger charge is -2.19. The van der Waals surface area contributed by atoms with Crippen LogP contribution in [0, 0.1) is 5.92 Å². The minimum absolute atomic E-state index is 0.120. The van der Waals surface area contributed by atoms with Crippen molar-refractivity contribution in [2.45, 2.75) is 26.8 Å². The number of nitrogens with one attached hydrogen (secondary N) is 1. The number of ether oxygens (including phenoxy) is 3. The van der Waals surface area contributed by atoms with Crippen LogP contribution < -0.4 is 14.8 Å². The molecule has 1 fully saturated rings. The number of carboxylic acid groups (broad SMARTS) is 1. The molecule has 8 heteroatoms. The second-order valence-corrected chi connectivity index (χ2v) is 7.79. The molecule has 1 amide bonds. The fourth-order valence-electron chi connectivity index (χ4n) is 3.21. The van der Waals surface area contributed by atoms with Crippen LogP contribution in [0.15, 0.2) is 36.4 Å². The second kappa shape index (κ2) is 10.1. The summed E-state index contributed by atoms with van der Waals surface area (Å²) in [4.78, 5) is 24.7. The number of hydrogen-bond donors (Lipinski definition) is 2. The second-order valence-electron chi connectivity index (χ2n) is 7.79. The van der Waals surface area contributed by atoms with Crippen LogP contribution in [-0.2, 0) is 22.5 Å². The number of methoxy groups -OCH3 is 1. The zero-order valence-corrected chi connectivity index (χ0v) is 18.0. The third-order valence-corrected chi connectivity index (χ3v) is 4.78. The lowest BCUT2D eigenvalue weighted by molar-refractivity contribution is -0.136. The van der Waals surface area contributed by atoms with Crippen LogP contribution in [-0.4, -0.2) is 48.9 Å². The van der Waals surface area contributed by atoms with Crippen LogP contribution in [0.2, 0.25) is 0 Å². The minimum Gasteiger partial charge on any atom is -0.493 e. The first-order valence-corrected chi connectivity index (χ1v) is 10.2. The number of carbonyl (C=O) groups is 2. The Balaban J connectivity index is 1.91. The molecule has 0 saturated carbocycles. The minimum atomic E-state index is -0.926. The van der Waals surface area contributed by atoms with E-state index >= 15 is 0 Å². The van der Waals surface area contributed by atoms with E-state index in [1.165, 1.54) is 7.11 Å². The number of benzene rings is 2. The Morgan fingerprint density at radius 1 is 1.19 bits per heavy atom. The van der Waals surface area contributed by atoms with Gasteiger partial charge in [0.15, 0.2) is 11.5 Å². The third kappa shape index (κ3) is 6.04. The van der Waals surface area contributed by atoms with E-state index in [2.05, 4.69) is 19.2 Å². The molecule has 1 heterocycles. The van der Waals surface area contributed by atoms with Crippen molar-refractivity contribution in [2.75, 3.05) is 32.1 Å². The molecular weight excluding hydrogens is 400 g/mol. The molecule has 0 radical (unpaired) electrons. The van der Waals surface area contributed by atoms with Gasteiger partial charge in [0, 0.05) is 17.8 Å².